The minimum absolute atomic E-state index is 0.0834. The molecule has 1 fully saturated rings. The zero-order valence-corrected chi connectivity index (χ0v) is 12.5. The number of likely N-dealkylation sites (tertiary alicyclic amines) is 1. The Labute approximate surface area is 127 Å². The Hall–Kier alpha value is -2.02. The van der Waals surface area contributed by atoms with Gasteiger partial charge in [0, 0.05) is 25.6 Å². The van der Waals surface area contributed by atoms with Crippen LogP contribution >= 0.6 is 11.6 Å². The first-order valence-electron chi connectivity index (χ1n) is 6.91. The van der Waals surface area contributed by atoms with Crippen LogP contribution in [0.15, 0.2) is 12.4 Å². The van der Waals surface area contributed by atoms with Crippen molar-refractivity contribution in [2.75, 3.05) is 18.8 Å². The summed E-state index contributed by atoms with van der Waals surface area (Å²) < 4.78 is 1.63. The van der Waals surface area contributed by atoms with Crippen LogP contribution in [0.5, 0.6) is 0 Å². The van der Waals surface area contributed by atoms with Crippen LogP contribution in [0, 0.1) is 0 Å². The van der Waals surface area contributed by atoms with Crippen molar-refractivity contribution in [2.24, 2.45) is 0 Å². The molecule has 112 valence electrons. The van der Waals surface area contributed by atoms with Gasteiger partial charge >= 0.3 is 0 Å². The van der Waals surface area contributed by atoms with Crippen LogP contribution in [0.2, 0.25) is 5.02 Å². The van der Waals surface area contributed by atoms with Crippen molar-refractivity contribution in [1.29, 1.82) is 0 Å². The molecule has 1 atom stereocenters. The van der Waals surface area contributed by atoms with Crippen LogP contribution in [0.25, 0.3) is 0 Å². The zero-order valence-electron chi connectivity index (χ0n) is 11.7. The maximum Gasteiger partial charge on any atom is 0.273 e. The maximum absolute atomic E-state index is 12.6. The Bertz CT molecular complexity index is 663. The number of rotatable bonds is 3. The first kappa shape index (κ1) is 13.9. The summed E-state index contributed by atoms with van der Waals surface area (Å²) in [5, 5.41) is 11.4. The van der Waals surface area contributed by atoms with Gasteiger partial charge in [-0.1, -0.05) is 11.6 Å². The second kappa shape index (κ2) is 5.40. The standard InChI is InChI=1S/C13H17ClN6O/c1-2-20-12(9(14)5-17-20)13(21)19-4-3-8(7-19)11-10(15)6-16-18-11/h5-6,8H,2-4,7,15H2,1H3,(H,16,18). The highest BCUT2D eigenvalue weighted by Crippen LogP contribution is 2.30. The van der Waals surface area contributed by atoms with Gasteiger partial charge in [0.05, 0.1) is 28.8 Å². The Morgan fingerprint density at radius 1 is 1.57 bits per heavy atom. The smallest absolute Gasteiger partial charge is 0.273 e. The molecule has 0 radical (unpaired) electrons. The third-order valence-corrected chi connectivity index (χ3v) is 4.16. The number of aromatic amines is 1. The molecule has 8 heteroatoms. The molecule has 2 aromatic heterocycles. The summed E-state index contributed by atoms with van der Waals surface area (Å²) in [6, 6.07) is 0. The Morgan fingerprint density at radius 3 is 3.05 bits per heavy atom. The van der Waals surface area contributed by atoms with Crippen molar-refractivity contribution in [1.82, 2.24) is 24.9 Å². The van der Waals surface area contributed by atoms with Gasteiger partial charge in [0.1, 0.15) is 5.69 Å². The highest BCUT2D eigenvalue weighted by atomic mass is 35.5. The first-order valence-corrected chi connectivity index (χ1v) is 7.29. The zero-order chi connectivity index (χ0) is 15.0. The monoisotopic (exact) mass is 308 g/mol. The lowest BCUT2D eigenvalue weighted by Gasteiger charge is -2.17. The van der Waals surface area contributed by atoms with Gasteiger partial charge in [-0.15, -0.1) is 0 Å². The van der Waals surface area contributed by atoms with E-state index >= 15 is 0 Å². The fourth-order valence-electron chi connectivity index (χ4n) is 2.78. The molecule has 3 rings (SSSR count). The van der Waals surface area contributed by atoms with E-state index in [4.69, 9.17) is 17.3 Å². The van der Waals surface area contributed by atoms with Gasteiger partial charge in [-0.05, 0) is 13.3 Å². The number of aryl methyl sites for hydroxylation is 1. The normalized spacial score (nSPS) is 18.4. The number of amides is 1. The number of hydrogen-bond donors (Lipinski definition) is 2. The molecular weight excluding hydrogens is 292 g/mol. The number of nitrogens with zero attached hydrogens (tertiary/aromatic N) is 4. The number of H-pyrrole nitrogens is 1. The minimum Gasteiger partial charge on any atom is -0.396 e. The fourth-order valence-corrected chi connectivity index (χ4v) is 3.00. The number of hydrogen-bond acceptors (Lipinski definition) is 4. The van der Waals surface area contributed by atoms with E-state index in [-0.39, 0.29) is 11.8 Å². The van der Waals surface area contributed by atoms with Gasteiger partial charge < -0.3 is 10.6 Å². The molecule has 0 aromatic carbocycles. The second-order valence-corrected chi connectivity index (χ2v) is 5.54. The van der Waals surface area contributed by atoms with E-state index < -0.39 is 0 Å². The van der Waals surface area contributed by atoms with E-state index in [2.05, 4.69) is 15.3 Å². The lowest BCUT2D eigenvalue weighted by atomic mass is 10.0. The molecule has 21 heavy (non-hydrogen) atoms. The molecule has 7 nitrogen and oxygen atoms in total. The van der Waals surface area contributed by atoms with Crippen molar-refractivity contribution in [3.05, 3.63) is 28.8 Å². The molecule has 1 unspecified atom stereocenters. The quantitative estimate of drug-likeness (QED) is 0.898. The molecule has 2 aromatic rings. The van der Waals surface area contributed by atoms with Crippen molar-refractivity contribution in [2.45, 2.75) is 25.8 Å². The molecule has 3 N–H and O–H groups in total. The van der Waals surface area contributed by atoms with Gasteiger partial charge in [0.15, 0.2) is 0 Å². The van der Waals surface area contributed by atoms with E-state index in [9.17, 15) is 4.79 Å². The van der Waals surface area contributed by atoms with Crippen molar-refractivity contribution in [3.8, 4) is 0 Å². The van der Waals surface area contributed by atoms with Crippen LogP contribution in [0.3, 0.4) is 0 Å². The average Bonchev–Trinajstić information content (AvgIpc) is 3.17. The highest BCUT2D eigenvalue weighted by Gasteiger charge is 2.32. The number of carbonyl (C=O) groups excluding carboxylic acids is 1. The van der Waals surface area contributed by atoms with Gasteiger partial charge in [-0.25, -0.2) is 0 Å². The number of anilines is 1. The van der Waals surface area contributed by atoms with E-state index in [0.29, 0.717) is 36.0 Å². The van der Waals surface area contributed by atoms with E-state index in [0.717, 1.165) is 12.1 Å². The summed E-state index contributed by atoms with van der Waals surface area (Å²) in [5.41, 5.74) is 7.88. The predicted octanol–water partition coefficient (Wildman–Crippen LogP) is 1.49. The number of nitrogen functional groups attached to an aromatic ring is 1. The van der Waals surface area contributed by atoms with Crippen molar-refractivity contribution < 1.29 is 4.79 Å². The molecule has 3 heterocycles. The Balaban J connectivity index is 1.78. The van der Waals surface area contributed by atoms with Crippen molar-refractivity contribution >= 4 is 23.2 Å². The Kier molecular flexibility index (Phi) is 3.59. The summed E-state index contributed by atoms with van der Waals surface area (Å²) in [5.74, 6) is 0.105. The topological polar surface area (TPSA) is 92.8 Å². The summed E-state index contributed by atoms with van der Waals surface area (Å²) in [6.07, 6.45) is 3.97. The molecule has 1 aliphatic heterocycles. The van der Waals surface area contributed by atoms with E-state index in [1.807, 2.05) is 6.92 Å². The van der Waals surface area contributed by atoms with Gasteiger partial charge in [-0.3, -0.25) is 14.6 Å². The lowest BCUT2D eigenvalue weighted by molar-refractivity contribution is 0.0778. The second-order valence-electron chi connectivity index (χ2n) is 5.13. The highest BCUT2D eigenvalue weighted by molar-refractivity contribution is 6.33. The summed E-state index contributed by atoms with van der Waals surface area (Å²) in [4.78, 5) is 14.4. The van der Waals surface area contributed by atoms with Gasteiger partial charge in [0.25, 0.3) is 5.91 Å². The number of nitrogens with one attached hydrogen (secondary N) is 1. The molecule has 1 saturated heterocycles. The van der Waals surface area contributed by atoms with Gasteiger partial charge in [0.2, 0.25) is 0 Å². The molecule has 0 aliphatic carbocycles. The summed E-state index contributed by atoms with van der Waals surface area (Å²) in [6.45, 7) is 3.82. The molecular formula is C13H17ClN6O. The number of halogens is 1. The number of nitrogens with two attached hydrogens (primary N) is 1. The molecule has 0 bridgehead atoms. The summed E-state index contributed by atoms with van der Waals surface area (Å²) >= 11 is 6.09. The van der Waals surface area contributed by atoms with Gasteiger partial charge in [-0.2, -0.15) is 10.2 Å². The van der Waals surface area contributed by atoms with Crippen LogP contribution in [-0.2, 0) is 6.54 Å². The van der Waals surface area contributed by atoms with E-state index in [1.165, 1.54) is 6.20 Å². The predicted molar refractivity (Wildman–Crippen MR) is 79.2 cm³/mol. The molecule has 0 saturated carbocycles. The third-order valence-electron chi connectivity index (χ3n) is 3.88. The molecule has 1 aliphatic rings. The third kappa shape index (κ3) is 2.37. The molecule has 1 amide bonds. The van der Waals surface area contributed by atoms with Crippen LogP contribution in [0.1, 0.15) is 35.4 Å². The Morgan fingerprint density at radius 2 is 2.38 bits per heavy atom. The minimum atomic E-state index is -0.0834. The number of carbonyl (C=O) groups is 1. The molecule has 0 spiro atoms. The van der Waals surface area contributed by atoms with Crippen LogP contribution in [0.4, 0.5) is 5.69 Å². The van der Waals surface area contributed by atoms with Crippen molar-refractivity contribution in [3.63, 3.8) is 0 Å². The van der Waals surface area contributed by atoms with E-state index in [1.54, 1.807) is 15.8 Å². The first-order chi connectivity index (χ1) is 10.1. The maximum atomic E-state index is 12.6. The number of aromatic nitrogens is 4. The average molecular weight is 309 g/mol. The lowest BCUT2D eigenvalue weighted by Crippen LogP contribution is -2.30. The fraction of sp³-hybridized carbons (Fsp3) is 0.462. The van der Waals surface area contributed by atoms with Crippen LogP contribution < -0.4 is 5.73 Å². The van der Waals surface area contributed by atoms with Crippen LogP contribution in [-0.4, -0.2) is 43.9 Å². The summed E-state index contributed by atoms with van der Waals surface area (Å²) in [7, 11) is 0. The SMILES string of the molecule is CCn1ncc(Cl)c1C(=O)N1CCC(c2[nH]ncc2N)C1. The largest absolute Gasteiger partial charge is 0.396 e.